The monoisotopic (exact) mass is 567 g/mol. The Kier molecular flexibility index (Phi) is 11.2. The lowest BCUT2D eigenvalue weighted by Crippen LogP contribution is -2.41. The molecule has 6 heteroatoms. The van der Waals surface area contributed by atoms with Gasteiger partial charge in [0.1, 0.15) is 6.04 Å². The van der Waals surface area contributed by atoms with Gasteiger partial charge in [-0.15, -0.1) is 0 Å². The van der Waals surface area contributed by atoms with Crippen molar-refractivity contribution >= 4 is 23.6 Å². The molecule has 1 amide bonds. The van der Waals surface area contributed by atoms with E-state index in [9.17, 15) is 14.7 Å². The van der Waals surface area contributed by atoms with Crippen molar-refractivity contribution in [3.63, 3.8) is 0 Å². The molecular weight excluding hydrogens is 530 g/mol. The second kappa shape index (κ2) is 15.2. The van der Waals surface area contributed by atoms with Crippen LogP contribution in [-0.2, 0) is 29.0 Å². The number of amides is 1. The van der Waals surface area contributed by atoms with Crippen molar-refractivity contribution in [3.8, 4) is 11.1 Å². The zero-order chi connectivity index (χ0) is 29.0. The van der Waals surface area contributed by atoms with E-state index >= 15 is 0 Å². The van der Waals surface area contributed by atoms with Crippen molar-refractivity contribution in [1.82, 2.24) is 5.32 Å². The van der Waals surface area contributed by atoms with Gasteiger partial charge in [-0.3, -0.25) is 4.79 Å². The van der Waals surface area contributed by atoms with Crippen molar-refractivity contribution < 1.29 is 19.4 Å². The summed E-state index contributed by atoms with van der Waals surface area (Å²) in [6, 6.07) is 31.3. The summed E-state index contributed by atoms with van der Waals surface area (Å²) in [5.74, 6) is -0.777. The number of thioether (sulfide) groups is 1. The number of hydrogen-bond donors (Lipinski definition) is 2. The predicted octanol–water partition coefficient (Wildman–Crippen LogP) is 6.95. The maximum Gasteiger partial charge on any atom is 0.326 e. The highest BCUT2D eigenvalue weighted by Gasteiger charge is 2.24. The predicted molar refractivity (Wildman–Crippen MR) is 168 cm³/mol. The van der Waals surface area contributed by atoms with Crippen molar-refractivity contribution in [3.05, 3.63) is 130 Å². The summed E-state index contributed by atoms with van der Waals surface area (Å²) in [5, 5.41) is 12.6. The molecule has 4 aromatic rings. The summed E-state index contributed by atoms with van der Waals surface area (Å²) < 4.78 is 6.18. The van der Waals surface area contributed by atoms with Crippen LogP contribution in [0.1, 0.15) is 44.6 Å². The molecule has 0 bridgehead atoms. The number of aryl methyl sites for hydroxylation is 1. The molecule has 0 aliphatic heterocycles. The molecule has 0 radical (unpaired) electrons. The average molecular weight is 568 g/mol. The van der Waals surface area contributed by atoms with E-state index in [1.165, 1.54) is 5.56 Å². The first-order chi connectivity index (χ1) is 20.0. The summed E-state index contributed by atoms with van der Waals surface area (Å²) in [6.07, 6.45) is 3.72. The number of ether oxygens (including phenoxy) is 1. The minimum atomic E-state index is -1.03. The number of hydrogen-bond acceptors (Lipinski definition) is 4. The SMILES string of the molecule is CSCC[C@H](NC(=O)c1cc(Cc2ccccc2)c(COCCc2ccccc2)cc1-c1ccccc1C)C(=O)O. The first-order valence-corrected chi connectivity index (χ1v) is 15.3. The van der Waals surface area contributed by atoms with Crippen molar-refractivity contribution in [1.29, 1.82) is 0 Å². The molecule has 0 heterocycles. The largest absolute Gasteiger partial charge is 0.480 e. The molecule has 0 aliphatic rings. The van der Waals surface area contributed by atoms with Crippen LogP contribution in [0.4, 0.5) is 0 Å². The molecule has 0 aromatic heterocycles. The van der Waals surface area contributed by atoms with Crippen LogP contribution in [0, 0.1) is 6.92 Å². The van der Waals surface area contributed by atoms with Gasteiger partial charge in [-0.1, -0.05) is 84.9 Å². The van der Waals surface area contributed by atoms with Crippen molar-refractivity contribution in [2.24, 2.45) is 0 Å². The first kappa shape index (κ1) is 30.1. The molecular formula is C35H37NO4S. The van der Waals surface area contributed by atoms with Gasteiger partial charge in [0.2, 0.25) is 0 Å². The molecule has 41 heavy (non-hydrogen) atoms. The number of carboxylic acids is 1. The van der Waals surface area contributed by atoms with Gasteiger partial charge in [0, 0.05) is 5.56 Å². The van der Waals surface area contributed by atoms with Gasteiger partial charge in [0.05, 0.1) is 13.2 Å². The average Bonchev–Trinajstić information content (AvgIpc) is 2.99. The highest BCUT2D eigenvalue weighted by Crippen LogP contribution is 2.31. The van der Waals surface area contributed by atoms with E-state index in [1.807, 2.05) is 79.9 Å². The van der Waals surface area contributed by atoms with E-state index in [0.717, 1.165) is 39.8 Å². The second-order valence-electron chi connectivity index (χ2n) is 10.1. The summed E-state index contributed by atoms with van der Waals surface area (Å²) in [4.78, 5) is 25.7. The Morgan fingerprint density at radius 1 is 0.854 bits per heavy atom. The van der Waals surface area contributed by atoms with Crippen LogP contribution in [0.3, 0.4) is 0 Å². The number of aliphatic carboxylic acids is 1. The zero-order valence-corrected chi connectivity index (χ0v) is 24.5. The van der Waals surface area contributed by atoms with Gasteiger partial charge in [-0.2, -0.15) is 11.8 Å². The normalized spacial score (nSPS) is 11.7. The summed E-state index contributed by atoms with van der Waals surface area (Å²) in [6.45, 7) is 3.00. The van der Waals surface area contributed by atoms with Crippen LogP contribution < -0.4 is 5.32 Å². The fraction of sp³-hybridized carbons (Fsp3) is 0.257. The number of carbonyl (C=O) groups is 2. The zero-order valence-electron chi connectivity index (χ0n) is 23.6. The van der Waals surface area contributed by atoms with Crippen LogP contribution in [0.5, 0.6) is 0 Å². The first-order valence-electron chi connectivity index (χ1n) is 13.9. The number of rotatable bonds is 14. The Balaban J connectivity index is 1.72. The third-order valence-corrected chi connectivity index (χ3v) is 7.75. The number of carboxylic acid groups (broad SMARTS) is 1. The lowest BCUT2D eigenvalue weighted by molar-refractivity contribution is -0.139. The third kappa shape index (κ3) is 8.56. The lowest BCUT2D eigenvalue weighted by Gasteiger charge is -2.20. The Morgan fingerprint density at radius 3 is 2.17 bits per heavy atom. The Morgan fingerprint density at radius 2 is 1.51 bits per heavy atom. The van der Waals surface area contributed by atoms with E-state index in [-0.39, 0.29) is 5.91 Å². The molecule has 5 nitrogen and oxygen atoms in total. The molecule has 0 unspecified atom stereocenters. The lowest BCUT2D eigenvalue weighted by atomic mass is 9.89. The molecule has 0 saturated heterocycles. The minimum absolute atomic E-state index is 0.353. The van der Waals surface area contributed by atoms with E-state index in [0.29, 0.717) is 37.4 Å². The fourth-order valence-electron chi connectivity index (χ4n) is 4.84. The maximum absolute atomic E-state index is 13.7. The Hall–Kier alpha value is -3.87. The summed E-state index contributed by atoms with van der Waals surface area (Å²) >= 11 is 1.56. The third-order valence-electron chi connectivity index (χ3n) is 7.11. The molecule has 1 atom stereocenters. The Bertz CT molecular complexity index is 1440. The smallest absolute Gasteiger partial charge is 0.326 e. The summed E-state index contributed by atoms with van der Waals surface area (Å²) in [7, 11) is 0. The van der Waals surface area contributed by atoms with Gasteiger partial charge in [-0.25, -0.2) is 4.79 Å². The van der Waals surface area contributed by atoms with Crippen LogP contribution in [0.25, 0.3) is 11.1 Å². The number of carbonyl (C=O) groups excluding carboxylic acids is 1. The molecule has 4 rings (SSSR count). The van der Waals surface area contributed by atoms with E-state index in [2.05, 4.69) is 35.6 Å². The van der Waals surface area contributed by atoms with Gasteiger partial charge in [0.25, 0.3) is 5.91 Å². The van der Waals surface area contributed by atoms with Crippen LogP contribution in [-0.4, -0.2) is 41.6 Å². The highest BCUT2D eigenvalue weighted by atomic mass is 32.2. The summed E-state index contributed by atoms with van der Waals surface area (Å²) in [5.41, 5.74) is 7.54. The Labute approximate surface area is 247 Å². The molecule has 0 fully saturated rings. The standard InChI is InChI=1S/C35H37NO4S/c1-25-11-9-10-16-30(25)31-23-29(24-40-19-17-26-12-5-3-6-13-26)28(21-27-14-7-4-8-15-27)22-32(31)34(37)36-33(35(38)39)18-20-41-2/h3-16,22-23,33H,17-21,24H2,1-2H3,(H,36,37)(H,38,39)/t33-/m0/s1. The highest BCUT2D eigenvalue weighted by molar-refractivity contribution is 7.98. The van der Waals surface area contributed by atoms with Gasteiger partial charge < -0.3 is 15.2 Å². The van der Waals surface area contributed by atoms with Crippen molar-refractivity contribution in [2.75, 3.05) is 18.6 Å². The molecule has 2 N–H and O–H groups in total. The number of nitrogens with one attached hydrogen (secondary N) is 1. The molecule has 212 valence electrons. The minimum Gasteiger partial charge on any atom is -0.480 e. The second-order valence-corrected chi connectivity index (χ2v) is 11.1. The fourth-order valence-corrected chi connectivity index (χ4v) is 5.31. The van der Waals surface area contributed by atoms with Crippen LogP contribution in [0.2, 0.25) is 0 Å². The van der Waals surface area contributed by atoms with E-state index in [1.54, 1.807) is 11.8 Å². The van der Waals surface area contributed by atoms with Gasteiger partial charge in [0.15, 0.2) is 0 Å². The van der Waals surface area contributed by atoms with Gasteiger partial charge in [-0.05, 0) is 89.3 Å². The molecule has 0 saturated carbocycles. The molecule has 4 aromatic carbocycles. The quantitative estimate of drug-likeness (QED) is 0.161. The van der Waals surface area contributed by atoms with E-state index < -0.39 is 12.0 Å². The number of benzene rings is 4. The molecule has 0 spiro atoms. The van der Waals surface area contributed by atoms with E-state index in [4.69, 9.17) is 4.74 Å². The topological polar surface area (TPSA) is 75.6 Å². The van der Waals surface area contributed by atoms with Crippen molar-refractivity contribution in [2.45, 2.75) is 38.8 Å². The van der Waals surface area contributed by atoms with Crippen LogP contribution in [0.15, 0.2) is 97.1 Å². The maximum atomic E-state index is 13.7. The van der Waals surface area contributed by atoms with Crippen LogP contribution >= 0.6 is 11.8 Å². The molecule has 0 aliphatic carbocycles. The van der Waals surface area contributed by atoms with Gasteiger partial charge >= 0.3 is 5.97 Å².